The maximum Gasteiger partial charge on any atom is 0.256 e. The van der Waals surface area contributed by atoms with Crippen molar-refractivity contribution in [2.45, 2.75) is 91.6 Å². The van der Waals surface area contributed by atoms with Crippen molar-refractivity contribution in [2.75, 3.05) is 0 Å². The van der Waals surface area contributed by atoms with Gasteiger partial charge in [0, 0.05) is 12.1 Å². The summed E-state index contributed by atoms with van der Waals surface area (Å²) in [6, 6.07) is 12.0. The van der Waals surface area contributed by atoms with Crippen LogP contribution in [0.5, 0.6) is 0 Å². The van der Waals surface area contributed by atoms with Crippen molar-refractivity contribution in [1.82, 2.24) is 4.90 Å². The van der Waals surface area contributed by atoms with E-state index in [2.05, 4.69) is 111 Å². The zero-order valence-electron chi connectivity index (χ0n) is 16.9. The minimum absolute atomic E-state index is 0.161. The maximum absolute atomic E-state index is 4.11. The SMILES string of the molecule is CC(C)N([C][P+](c1ccccc1)(C(C)(C)C)C(C)(C)C)C(C)C. The van der Waals surface area contributed by atoms with E-state index in [0.29, 0.717) is 12.1 Å². The summed E-state index contributed by atoms with van der Waals surface area (Å²) in [7, 11) is -1.70. The molecule has 2 radical (unpaired) electrons. The Labute approximate surface area is 146 Å². The zero-order valence-corrected chi connectivity index (χ0v) is 17.8. The van der Waals surface area contributed by atoms with Gasteiger partial charge in [-0.25, -0.2) is 0 Å². The minimum Gasteiger partial charge on any atom is -0.251 e. The van der Waals surface area contributed by atoms with Crippen LogP contribution in [0.3, 0.4) is 0 Å². The Hall–Kier alpha value is -0.390. The lowest BCUT2D eigenvalue weighted by Gasteiger charge is -2.48. The van der Waals surface area contributed by atoms with Crippen LogP contribution in [0.25, 0.3) is 0 Å². The molecular weight excluding hydrogens is 297 g/mol. The Kier molecular flexibility index (Phi) is 6.50. The smallest absolute Gasteiger partial charge is 0.251 e. The molecular formula is C21H37NP+. The Morgan fingerprint density at radius 2 is 1.17 bits per heavy atom. The van der Waals surface area contributed by atoms with E-state index in [4.69, 9.17) is 0 Å². The molecule has 1 aromatic carbocycles. The molecule has 130 valence electrons. The van der Waals surface area contributed by atoms with Crippen LogP contribution < -0.4 is 5.30 Å². The van der Waals surface area contributed by atoms with Gasteiger partial charge in [0.15, 0.2) is 0 Å². The Balaban J connectivity index is 3.59. The van der Waals surface area contributed by atoms with Crippen molar-refractivity contribution < 1.29 is 0 Å². The highest BCUT2D eigenvalue weighted by Crippen LogP contribution is 2.78. The topological polar surface area (TPSA) is 3.24 Å². The highest BCUT2D eigenvalue weighted by Gasteiger charge is 2.62. The standard InChI is InChI=1S/C21H37NP/c1-17(2)22(18(3)4)16-23(20(5,6)7,21(8,9)10)19-14-12-11-13-15-19/h11-15,17-18H,1-10H3/q+1. The van der Waals surface area contributed by atoms with Gasteiger partial charge in [-0.3, -0.25) is 4.90 Å². The van der Waals surface area contributed by atoms with Crippen LogP contribution in [0, 0.1) is 6.29 Å². The Bertz CT molecular complexity index is 455. The van der Waals surface area contributed by atoms with E-state index in [1.807, 2.05) is 0 Å². The molecule has 1 aromatic rings. The predicted octanol–water partition coefficient (Wildman–Crippen LogP) is 6.04. The molecule has 0 spiro atoms. The first-order valence-corrected chi connectivity index (χ1v) is 10.6. The summed E-state index contributed by atoms with van der Waals surface area (Å²) in [5.74, 6) is 0. The molecule has 0 heterocycles. The van der Waals surface area contributed by atoms with Crippen molar-refractivity contribution in [2.24, 2.45) is 0 Å². The minimum atomic E-state index is -1.70. The van der Waals surface area contributed by atoms with Gasteiger partial charge in [0.25, 0.3) is 6.29 Å². The van der Waals surface area contributed by atoms with Gasteiger partial charge in [0.05, 0.1) is 22.9 Å². The molecule has 0 unspecified atom stereocenters. The van der Waals surface area contributed by atoms with Crippen LogP contribution in [-0.4, -0.2) is 27.3 Å². The molecule has 0 amide bonds. The molecule has 0 atom stereocenters. The van der Waals surface area contributed by atoms with Gasteiger partial charge >= 0.3 is 0 Å². The molecule has 0 aliphatic rings. The number of hydrogen-bond acceptors (Lipinski definition) is 1. The fourth-order valence-electron chi connectivity index (χ4n) is 3.79. The molecule has 23 heavy (non-hydrogen) atoms. The summed E-state index contributed by atoms with van der Waals surface area (Å²) in [5.41, 5.74) is 0. The molecule has 0 saturated carbocycles. The predicted molar refractivity (Wildman–Crippen MR) is 108 cm³/mol. The van der Waals surface area contributed by atoms with E-state index in [0.717, 1.165) is 0 Å². The van der Waals surface area contributed by atoms with E-state index in [1.54, 1.807) is 0 Å². The average Bonchev–Trinajstić information content (AvgIpc) is 2.36. The fourth-order valence-corrected chi connectivity index (χ4v) is 9.50. The maximum atomic E-state index is 4.11. The summed E-state index contributed by atoms with van der Waals surface area (Å²) in [5, 5.41) is 1.79. The average molecular weight is 335 g/mol. The van der Waals surface area contributed by atoms with Crippen molar-refractivity contribution >= 4 is 12.6 Å². The molecule has 0 aliphatic heterocycles. The fraction of sp³-hybridized carbons (Fsp3) is 0.667. The molecule has 0 bridgehead atoms. The first kappa shape index (κ1) is 20.7. The molecule has 0 aromatic heterocycles. The van der Waals surface area contributed by atoms with E-state index in [9.17, 15) is 0 Å². The van der Waals surface area contributed by atoms with Gasteiger partial charge in [-0.1, -0.05) is 18.2 Å². The number of benzene rings is 1. The summed E-state index contributed by atoms with van der Waals surface area (Å²) in [6.45, 7) is 23.5. The molecule has 1 nitrogen and oxygen atoms in total. The van der Waals surface area contributed by atoms with Crippen LogP contribution in [0.2, 0.25) is 0 Å². The Morgan fingerprint density at radius 1 is 0.783 bits per heavy atom. The van der Waals surface area contributed by atoms with Gasteiger partial charge in [-0.15, -0.1) is 0 Å². The number of nitrogens with zero attached hydrogens (tertiary/aromatic N) is 1. The monoisotopic (exact) mass is 334 g/mol. The second kappa shape index (κ2) is 7.24. The first-order valence-electron chi connectivity index (χ1n) is 8.85. The summed E-state index contributed by atoms with van der Waals surface area (Å²) < 4.78 is 0. The van der Waals surface area contributed by atoms with E-state index in [1.165, 1.54) is 5.30 Å². The number of rotatable bonds is 5. The number of hydrogen-bond donors (Lipinski definition) is 0. The third kappa shape index (κ3) is 4.18. The van der Waals surface area contributed by atoms with E-state index in [-0.39, 0.29) is 10.3 Å². The van der Waals surface area contributed by atoms with Crippen LogP contribution in [-0.2, 0) is 0 Å². The second-order valence-electron chi connectivity index (χ2n) is 9.04. The second-order valence-corrected chi connectivity index (χ2v) is 13.8. The van der Waals surface area contributed by atoms with Gasteiger partial charge in [-0.2, -0.15) is 0 Å². The largest absolute Gasteiger partial charge is 0.256 e. The van der Waals surface area contributed by atoms with Crippen molar-refractivity contribution in [3.05, 3.63) is 36.6 Å². The zero-order chi connectivity index (χ0) is 18.1. The Morgan fingerprint density at radius 3 is 1.48 bits per heavy atom. The van der Waals surface area contributed by atoms with Gasteiger partial charge in [-0.05, 0) is 81.4 Å². The van der Waals surface area contributed by atoms with Gasteiger partial charge < -0.3 is 0 Å². The lowest BCUT2D eigenvalue weighted by Crippen LogP contribution is -2.46. The molecule has 0 saturated heterocycles. The molecule has 0 fully saturated rings. The van der Waals surface area contributed by atoms with Gasteiger partial charge in [0.1, 0.15) is 0 Å². The third-order valence-corrected chi connectivity index (χ3v) is 10.2. The first-order chi connectivity index (χ1) is 10.3. The van der Waals surface area contributed by atoms with Crippen LogP contribution >= 0.6 is 7.26 Å². The highest BCUT2D eigenvalue weighted by atomic mass is 31.2. The summed E-state index contributed by atoms with van der Waals surface area (Å²) in [4.78, 5) is 2.46. The van der Waals surface area contributed by atoms with Crippen LogP contribution in [0.1, 0.15) is 69.2 Å². The molecule has 2 heteroatoms. The quantitative estimate of drug-likeness (QED) is 0.468. The van der Waals surface area contributed by atoms with Crippen molar-refractivity contribution in [1.29, 1.82) is 0 Å². The summed E-state index contributed by atoms with van der Waals surface area (Å²) >= 11 is 0. The normalized spacial score (nSPS) is 14.1. The van der Waals surface area contributed by atoms with Crippen molar-refractivity contribution in [3.8, 4) is 0 Å². The summed E-state index contributed by atoms with van der Waals surface area (Å²) in [6.07, 6.45) is 4.11. The lowest BCUT2D eigenvalue weighted by atomic mass is 10.2. The van der Waals surface area contributed by atoms with Crippen LogP contribution in [0.15, 0.2) is 30.3 Å². The van der Waals surface area contributed by atoms with E-state index < -0.39 is 7.26 Å². The van der Waals surface area contributed by atoms with E-state index >= 15 is 0 Å². The molecule has 1 rings (SSSR count). The van der Waals surface area contributed by atoms with Crippen molar-refractivity contribution in [3.63, 3.8) is 0 Å². The molecule has 0 N–H and O–H groups in total. The highest BCUT2D eigenvalue weighted by molar-refractivity contribution is 7.87. The lowest BCUT2D eigenvalue weighted by molar-refractivity contribution is 0.239. The molecule has 0 aliphatic carbocycles. The van der Waals surface area contributed by atoms with Gasteiger partial charge in [0.2, 0.25) is 0 Å². The third-order valence-electron chi connectivity index (χ3n) is 4.53. The van der Waals surface area contributed by atoms with Crippen LogP contribution in [0.4, 0.5) is 0 Å².